The summed E-state index contributed by atoms with van der Waals surface area (Å²) in [4.78, 5) is 18.5. The van der Waals surface area contributed by atoms with Crippen molar-refractivity contribution < 1.29 is 34.3 Å². The quantitative estimate of drug-likeness (QED) is 0.0796. The number of nitriles is 1. The number of carboxylic acids is 1. The summed E-state index contributed by atoms with van der Waals surface area (Å²) in [5, 5.41) is 42.8. The van der Waals surface area contributed by atoms with Gasteiger partial charge in [0.15, 0.2) is 0 Å². The van der Waals surface area contributed by atoms with Crippen molar-refractivity contribution in [1.82, 2.24) is 15.2 Å². The largest absolute Gasteiger partial charge is 0.492 e. The van der Waals surface area contributed by atoms with E-state index in [0.717, 1.165) is 41.6 Å². The SMILES string of the molecule is CCCC(CO)(NCc1cc(Cl)c(O[C@H]2CCc3c(-c4cccc(OCCCN5CC(O)C5)c4Cl)cccc32)cc1OCc1cncc(C#N)c1)C(=O)O. The molecule has 3 aromatic carbocycles. The van der Waals surface area contributed by atoms with Crippen molar-refractivity contribution in [3.8, 4) is 34.4 Å². The third-order valence-corrected chi connectivity index (χ3v) is 10.6. The number of aliphatic hydroxyl groups excluding tert-OH is 2. The van der Waals surface area contributed by atoms with E-state index in [1.54, 1.807) is 24.4 Å². The maximum absolute atomic E-state index is 12.2. The molecule has 1 aliphatic carbocycles. The summed E-state index contributed by atoms with van der Waals surface area (Å²) in [6.07, 6.45) is 5.57. The molecule has 1 unspecified atom stereocenters. The van der Waals surface area contributed by atoms with Gasteiger partial charge < -0.3 is 29.5 Å². The number of β-amino-alcohol motifs (C(OH)–C–C–N with tert-alkyl or cyclic N) is 1. The molecule has 0 radical (unpaired) electrons. The van der Waals surface area contributed by atoms with Crippen LogP contribution in [0.3, 0.4) is 0 Å². The molecule has 4 N–H and O–H groups in total. The average Bonchev–Trinajstić information content (AvgIpc) is 3.58. The lowest BCUT2D eigenvalue weighted by Gasteiger charge is -2.35. The van der Waals surface area contributed by atoms with Crippen molar-refractivity contribution >= 4 is 29.2 Å². The predicted molar refractivity (Wildman–Crippen MR) is 205 cm³/mol. The summed E-state index contributed by atoms with van der Waals surface area (Å²) in [6, 6.07) is 19.0. The van der Waals surface area contributed by atoms with Gasteiger partial charge in [-0.25, -0.2) is 0 Å². The Morgan fingerprint density at radius 1 is 1.07 bits per heavy atom. The number of rotatable bonds is 18. The number of halogens is 2. The van der Waals surface area contributed by atoms with Crippen LogP contribution in [0.25, 0.3) is 11.1 Å². The molecule has 4 aromatic rings. The van der Waals surface area contributed by atoms with Crippen molar-refractivity contribution in [2.24, 2.45) is 0 Å². The zero-order valence-electron chi connectivity index (χ0n) is 30.1. The number of fused-ring (bicyclic) bond motifs is 1. The lowest BCUT2D eigenvalue weighted by Crippen LogP contribution is -2.54. The second-order valence-electron chi connectivity index (χ2n) is 13.8. The van der Waals surface area contributed by atoms with Gasteiger partial charge in [-0.05, 0) is 60.6 Å². The Morgan fingerprint density at radius 3 is 2.61 bits per heavy atom. The fourth-order valence-electron chi connectivity index (χ4n) is 7.06. The first kappa shape index (κ1) is 39.3. The first-order valence-corrected chi connectivity index (χ1v) is 18.9. The van der Waals surface area contributed by atoms with Crippen molar-refractivity contribution in [2.45, 2.75) is 69.9 Å². The van der Waals surface area contributed by atoms with Crippen LogP contribution in [0, 0.1) is 11.3 Å². The van der Waals surface area contributed by atoms with E-state index in [9.17, 15) is 25.4 Å². The minimum absolute atomic E-state index is 0.0421. The molecule has 0 amide bonds. The van der Waals surface area contributed by atoms with Crippen LogP contribution in [0.15, 0.2) is 67.0 Å². The van der Waals surface area contributed by atoms with Gasteiger partial charge in [0.25, 0.3) is 0 Å². The van der Waals surface area contributed by atoms with Crippen LogP contribution >= 0.6 is 23.2 Å². The van der Waals surface area contributed by atoms with Gasteiger partial charge >= 0.3 is 5.97 Å². The lowest BCUT2D eigenvalue weighted by atomic mass is 9.94. The smallest absolute Gasteiger partial charge is 0.326 e. The van der Waals surface area contributed by atoms with Crippen LogP contribution in [0.4, 0.5) is 0 Å². The fraction of sp³-hybridized carbons (Fsp3) is 0.390. The van der Waals surface area contributed by atoms with Gasteiger partial charge in [-0.3, -0.25) is 20.0 Å². The molecule has 1 aromatic heterocycles. The molecule has 13 heteroatoms. The molecule has 0 spiro atoms. The first-order chi connectivity index (χ1) is 26.1. The number of carbonyl (C=O) groups is 1. The number of nitrogens with one attached hydrogen (secondary N) is 1. The predicted octanol–water partition coefficient (Wildman–Crippen LogP) is 6.72. The Morgan fingerprint density at radius 2 is 1.87 bits per heavy atom. The van der Waals surface area contributed by atoms with Crippen LogP contribution in [0.2, 0.25) is 10.0 Å². The van der Waals surface area contributed by atoms with E-state index in [2.05, 4.69) is 27.3 Å². The Kier molecular flexibility index (Phi) is 13.0. The first-order valence-electron chi connectivity index (χ1n) is 18.1. The highest BCUT2D eigenvalue weighted by molar-refractivity contribution is 6.35. The fourth-order valence-corrected chi connectivity index (χ4v) is 7.58. The lowest BCUT2D eigenvalue weighted by molar-refractivity contribution is -0.147. The van der Waals surface area contributed by atoms with Crippen LogP contribution in [0.5, 0.6) is 17.2 Å². The molecular formula is C41H44Cl2N4O7. The van der Waals surface area contributed by atoms with E-state index in [0.29, 0.717) is 76.5 Å². The molecule has 284 valence electrons. The van der Waals surface area contributed by atoms with Crippen LogP contribution in [-0.2, 0) is 24.4 Å². The number of benzene rings is 3. The van der Waals surface area contributed by atoms with E-state index in [1.807, 2.05) is 37.3 Å². The number of aromatic nitrogens is 1. The minimum Gasteiger partial charge on any atom is -0.492 e. The van der Waals surface area contributed by atoms with Gasteiger partial charge in [-0.2, -0.15) is 5.26 Å². The normalized spacial score (nSPS) is 16.6. The van der Waals surface area contributed by atoms with E-state index in [4.69, 9.17) is 37.4 Å². The highest BCUT2D eigenvalue weighted by Crippen LogP contribution is 2.45. The van der Waals surface area contributed by atoms with Crippen molar-refractivity contribution in [1.29, 1.82) is 5.26 Å². The van der Waals surface area contributed by atoms with Gasteiger partial charge in [0.1, 0.15) is 41.6 Å². The Balaban J connectivity index is 1.22. The molecule has 0 bridgehead atoms. The van der Waals surface area contributed by atoms with Gasteiger partial charge in [0.2, 0.25) is 0 Å². The Labute approximate surface area is 325 Å². The zero-order chi connectivity index (χ0) is 38.2. The summed E-state index contributed by atoms with van der Waals surface area (Å²) in [5.74, 6) is 0.263. The molecule has 0 saturated carbocycles. The monoisotopic (exact) mass is 774 g/mol. The molecule has 2 heterocycles. The van der Waals surface area contributed by atoms with Crippen molar-refractivity contribution in [3.63, 3.8) is 0 Å². The minimum atomic E-state index is -1.54. The molecule has 1 fully saturated rings. The zero-order valence-corrected chi connectivity index (χ0v) is 31.6. The van der Waals surface area contributed by atoms with Gasteiger partial charge in [-0.1, -0.05) is 66.9 Å². The van der Waals surface area contributed by atoms with E-state index in [-0.39, 0.29) is 31.8 Å². The molecule has 2 aliphatic rings. The maximum Gasteiger partial charge on any atom is 0.326 e. The number of carboxylic acid groups (broad SMARTS) is 1. The van der Waals surface area contributed by atoms with Crippen molar-refractivity contribution in [2.75, 3.05) is 32.8 Å². The topological polar surface area (TPSA) is 157 Å². The number of ether oxygens (including phenoxy) is 3. The summed E-state index contributed by atoms with van der Waals surface area (Å²) >= 11 is 13.8. The molecule has 54 heavy (non-hydrogen) atoms. The average molecular weight is 776 g/mol. The summed E-state index contributed by atoms with van der Waals surface area (Å²) in [5.41, 5.74) is 4.11. The number of hydrogen-bond acceptors (Lipinski definition) is 10. The van der Waals surface area contributed by atoms with Crippen LogP contribution < -0.4 is 19.5 Å². The van der Waals surface area contributed by atoms with Crippen molar-refractivity contribution in [3.05, 3.63) is 105 Å². The van der Waals surface area contributed by atoms with Gasteiger partial charge in [-0.15, -0.1) is 0 Å². The maximum atomic E-state index is 12.2. The van der Waals surface area contributed by atoms with E-state index < -0.39 is 18.1 Å². The molecular weight excluding hydrogens is 731 g/mol. The molecule has 6 rings (SSSR count). The second-order valence-corrected chi connectivity index (χ2v) is 14.6. The molecule has 1 saturated heterocycles. The number of likely N-dealkylation sites (tertiary alicyclic amines) is 1. The molecule has 2 atom stereocenters. The van der Waals surface area contributed by atoms with Crippen LogP contribution in [-0.4, -0.2) is 75.7 Å². The highest BCUT2D eigenvalue weighted by atomic mass is 35.5. The third-order valence-electron chi connectivity index (χ3n) is 9.96. The number of nitrogens with zero attached hydrogens (tertiary/aromatic N) is 3. The summed E-state index contributed by atoms with van der Waals surface area (Å²) in [6.45, 7) is 4.18. The number of aliphatic hydroxyl groups is 2. The number of aliphatic carboxylic acids is 1. The Hall–Kier alpha value is -4.41. The Bertz CT molecular complexity index is 2000. The highest BCUT2D eigenvalue weighted by Gasteiger charge is 2.37. The molecule has 11 nitrogen and oxygen atoms in total. The second kappa shape index (κ2) is 17.8. The van der Waals surface area contributed by atoms with Gasteiger partial charge in [0.05, 0.1) is 34.9 Å². The van der Waals surface area contributed by atoms with Crippen LogP contribution in [0.1, 0.15) is 66.5 Å². The van der Waals surface area contributed by atoms with E-state index >= 15 is 0 Å². The third kappa shape index (κ3) is 8.92. The summed E-state index contributed by atoms with van der Waals surface area (Å²) < 4.78 is 19.0. The number of pyridine rings is 1. The van der Waals surface area contributed by atoms with E-state index in [1.165, 1.54) is 6.20 Å². The van der Waals surface area contributed by atoms with Gasteiger partial charge in [0, 0.05) is 61.3 Å². The molecule has 1 aliphatic heterocycles. The number of hydrogen-bond donors (Lipinski definition) is 4. The summed E-state index contributed by atoms with van der Waals surface area (Å²) in [7, 11) is 0. The standard InChI is InChI=1S/C41H44Cl2N4O7/c1-2-12-41(25-48,40(50)51)46-21-28-16-34(42)38(17-37(28)53-24-27-15-26(18-44)19-45-20-27)54-35-11-10-31-30(6-3-7-32(31)35)33-8-4-9-36(39(33)43)52-14-5-13-47-22-29(49)23-47/h3-4,6-9,15-17,19-20,29,35,46,48-49H,2,5,10-14,21-25H2,1H3,(H,50,51)/t35-,41?/m0/s1.